The largest absolute Gasteiger partial charge is 0.490 e. The summed E-state index contributed by atoms with van der Waals surface area (Å²) in [6.07, 6.45) is 0. The van der Waals surface area contributed by atoms with E-state index >= 15 is 0 Å². The Kier molecular flexibility index (Phi) is 4.04. The Morgan fingerprint density at radius 2 is 2.14 bits per heavy atom. The Morgan fingerprint density at radius 1 is 1.50 bits per heavy atom. The second kappa shape index (κ2) is 5.08. The summed E-state index contributed by atoms with van der Waals surface area (Å²) in [6.45, 7) is -0.110. The van der Waals surface area contributed by atoms with Gasteiger partial charge in [-0.15, -0.1) is 11.6 Å². The molecule has 1 aromatic carbocycles. The lowest BCUT2D eigenvalue weighted by Gasteiger charge is -2.08. The van der Waals surface area contributed by atoms with Gasteiger partial charge in [0.25, 0.3) is 0 Å². The van der Waals surface area contributed by atoms with Crippen LogP contribution >= 0.6 is 23.2 Å². The van der Waals surface area contributed by atoms with Crippen molar-refractivity contribution in [3.05, 3.63) is 29.3 Å². The SMILES string of the molecule is O=C(O)C(Cl)COc1ccccc1Cl. The molecular formula is C9H8Cl2O3. The summed E-state index contributed by atoms with van der Waals surface area (Å²) >= 11 is 11.2. The monoisotopic (exact) mass is 234 g/mol. The van der Waals surface area contributed by atoms with E-state index in [1.165, 1.54) is 0 Å². The first kappa shape index (κ1) is 11.1. The molecule has 0 spiro atoms. The topological polar surface area (TPSA) is 46.5 Å². The summed E-state index contributed by atoms with van der Waals surface area (Å²) in [6, 6.07) is 6.80. The molecule has 5 heteroatoms. The average molecular weight is 235 g/mol. The lowest BCUT2D eigenvalue weighted by atomic mass is 10.3. The van der Waals surface area contributed by atoms with E-state index in [9.17, 15) is 4.79 Å². The first-order chi connectivity index (χ1) is 6.61. The van der Waals surface area contributed by atoms with E-state index in [4.69, 9.17) is 33.0 Å². The molecule has 0 aromatic heterocycles. The predicted molar refractivity (Wildman–Crippen MR) is 54.2 cm³/mol. The van der Waals surface area contributed by atoms with Crippen molar-refractivity contribution in [2.24, 2.45) is 0 Å². The van der Waals surface area contributed by atoms with Crippen molar-refractivity contribution in [3.8, 4) is 5.75 Å². The highest BCUT2D eigenvalue weighted by atomic mass is 35.5. The molecule has 0 saturated heterocycles. The van der Waals surface area contributed by atoms with Gasteiger partial charge in [-0.05, 0) is 12.1 Å². The third-order valence-electron chi connectivity index (χ3n) is 1.49. The molecule has 0 radical (unpaired) electrons. The van der Waals surface area contributed by atoms with Gasteiger partial charge in [0.15, 0.2) is 5.38 Å². The first-order valence-electron chi connectivity index (χ1n) is 3.85. The number of carboxylic acid groups (broad SMARTS) is 1. The van der Waals surface area contributed by atoms with Crippen molar-refractivity contribution >= 4 is 29.2 Å². The number of halogens is 2. The fourth-order valence-corrected chi connectivity index (χ4v) is 1.05. The Balaban J connectivity index is 2.54. The molecule has 1 aromatic rings. The van der Waals surface area contributed by atoms with Crippen LogP contribution in [0.2, 0.25) is 5.02 Å². The quantitative estimate of drug-likeness (QED) is 0.815. The molecule has 76 valence electrons. The Hall–Kier alpha value is -0.930. The predicted octanol–water partition coefficient (Wildman–Crippen LogP) is 2.41. The molecule has 14 heavy (non-hydrogen) atoms. The summed E-state index contributed by atoms with van der Waals surface area (Å²) in [4.78, 5) is 10.4. The smallest absolute Gasteiger partial charge is 0.325 e. The van der Waals surface area contributed by atoms with Gasteiger partial charge in [0.1, 0.15) is 12.4 Å². The molecule has 0 heterocycles. The lowest BCUT2D eigenvalue weighted by molar-refractivity contribution is -0.137. The average Bonchev–Trinajstić information content (AvgIpc) is 2.16. The number of ether oxygens (including phenoxy) is 1. The van der Waals surface area contributed by atoms with Gasteiger partial charge in [0, 0.05) is 0 Å². The van der Waals surface area contributed by atoms with Crippen molar-refractivity contribution in [2.75, 3.05) is 6.61 Å². The zero-order valence-electron chi connectivity index (χ0n) is 7.11. The van der Waals surface area contributed by atoms with Crippen LogP contribution in [0, 0.1) is 0 Å². The number of carbonyl (C=O) groups is 1. The van der Waals surface area contributed by atoms with Crippen molar-refractivity contribution in [2.45, 2.75) is 5.38 Å². The summed E-state index contributed by atoms with van der Waals surface area (Å²) in [5.74, 6) is -0.681. The second-order valence-corrected chi connectivity index (χ2v) is 3.48. The van der Waals surface area contributed by atoms with E-state index in [1.807, 2.05) is 0 Å². The van der Waals surface area contributed by atoms with E-state index in [0.29, 0.717) is 10.8 Å². The van der Waals surface area contributed by atoms with Crippen molar-refractivity contribution < 1.29 is 14.6 Å². The summed E-state index contributed by atoms with van der Waals surface area (Å²) in [5.41, 5.74) is 0. The van der Waals surface area contributed by atoms with Crippen LogP contribution in [0.5, 0.6) is 5.75 Å². The Labute approximate surface area is 91.2 Å². The van der Waals surface area contributed by atoms with Gasteiger partial charge >= 0.3 is 5.97 Å². The minimum absolute atomic E-state index is 0.110. The van der Waals surface area contributed by atoms with Gasteiger partial charge in [0.05, 0.1) is 5.02 Å². The van der Waals surface area contributed by atoms with Gasteiger partial charge in [-0.3, -0.25) is 4.79 Å². The molecule has 0 amide bonds. The van der Waals surface area contributed by atoms with E-state index in [-0.39, 0.29) is 6.61 Å². The van der Waals surface area contributed by atoms with E-state index < -0.39 is 11.3 Å². The lowest BCUT2D eigenvalue weighted by Crippen LogP contribution is -2.21. The van der Waals surface area contributed by atoms with Crippen LogP contribution in [0.15, 0.2) is 24.3 Å². The normalized spacial score (nSPS) is 12.1. The van der Waals surface area contributed by atoms with Crippen molar-refractivity contribution in [3.63, 3.8) is 0 Å². The molecule has 0 bridgehead atoms. The molecule has 0 aliphatic heterocycles. The van der Waals surface area contributed by atoms with Crippen LogP contribution in [0.4, 0.5) is 0 Å². The minimum Gasteiger partial charge on any atom is -0.490 e. The fourth-order valence-electron chi connectivity index (χ4n) is 0.796. The van der Waals surface area contributed by atoms with Gasteiger partial charge < -0.3 is 9.84 Å². The first-order valence-corrected chi connectivity index (χ1v) is 4.67. The molecule has 3 nitrogen and oxygen atoms in total. The molecule has 0 saturated carbocycles. The molecule has 0 fully saturated rings. The number of alkyl halides is 1. The van der Waals surface area contributed by atoms with Crippen molar-refractivity contribution in [1.29, 1.82) is 0 Å². The Bertz CT molecular complexity index is 328. The van der Waals surface area contributed by atoms with Gasteiger partial charge in [0.2, 0.25) is 0 Å². The maximum Gasteiger partial charge on any atom is 0.325 e. The number of hydrogen-bond acceptors (Lipinski definition) is 2. The van der Waals surface area contributed by atoms with Gasteiger partial charge in [-0.1, -0.05) is 23.7 Å². The van der Waals surface area contributed by atoms with Crippen LogP contribution in [0.3, 0.4) is 0 Å². The van der Waals surface area contributed by atoms with Crippen LogP contribution < -0.4 is 4.74 Å². The highest BCUT2D eigenvalue weighted by molar-refractivity contribution is 6.32. The molecule has 1 atom stereocenters. The molecule has 0 aliphatic carbocycles. The molecular weight excluding hydrogens is 227 g/mol. The minimum atomic E-state index is -1.11. The highest BCUT2D eigenvalue weighted by Crippen LogP contribution is 2.23. The summed E-state index contributed by atoms with van der Waals surface area (Å²) in [7, 11) is 0. The Morgan fingerprint density at radius 3 is 2.71 bits per heavy atom. The third-order valence-corrected chi connectivity index (χ3v) is 2.11. The molecule has 1 rings (SSSR count). The third kappa shape index (κ3) is 3.09. The fraction of sp³-hybridized carbons (Fsp3) is 0.222. The van der Waals surface area contributed by atoms with E-state index in [1.54, 1.807) is 24.3 Å². The van der Waals surface area contributed by atoms with Crippen LogP contribution in [0.25, 0.3) is 0 Å². The maximum absolute atomic E-state index is 10.4. The zero-order valence-corrected chi connectivity index (χ0v) is 8.63. The van der Waals surface area contributed by atoms with Gasteiger partial charge in [-0.25, -0.2) is 0 Å². The molecule has 0 aliphatic rings. The van der Waals surface area contributed by atoms with Crippen LogP contribution in [0.1, 0.15) is 0 Å². The standard InChI is InChI=1S/C9H8Cl2O3/c10-6-3-1-2-4-8(6)14-5-7(11)9(12)13/h1-4,7H,5H2,(H,12,13). The molecule has 1 N–H and O–H groups in total. The van der Waals surface area contributed by atoms with Crippen LogP contribution in [-0.2, 0) is 4.79 Å². The number of carboxylic acids is 1. The van der Waals surface area contributed by atoms with Crippen molar-refractivity contribution in [1.82, 2.24) is 0 Å². The molecule has 1 unspecified atom stereocenters. The van der Waals surface area contributed by atoms with Crippen LogP contribution in [-0.4, -0.2) is 23.1 Å². The van der Waals surface area contributed by atoms with Gasteiger partial charge in [-0.2, -0.15) is 0 Å². The van der Waals surface area contributed by atoms with E-state index in [0.717, 1.165) is 0 Å². The summed E-state index contributed by atoms with van der Waals surface area (Å²) < 4.78 is 5.12. The zero-order chi connectivity index (χ0) is 10.6. The number of rotatable bonds is 4. The number of hydrogen-bond donors (Lipinski definition) is 1. The highest BCUT2D eigenvalue weighted by Gasteiger charge is 2.14. The van der Waals surface area contributed by atoms with E-state index in [2.05, 4.69) is 0 Å². The number of aliphatic carboxylic acids is 1. The maximum atomic E-state index is 10.4. The number of para-hydroxylation sites is 1. The summed E-state index contributed by atoms with van der Waals surface area (Å²) in [5, 5.41) is 7.85. The second-order valence-electron chi connectivity index (χ2n) is 2.55. The number of benzene rings is 1.